The summed E-state index contributed by atoms with van der Waals surface area (Å²) in [6, 6.07) is 5.84. The minimum absolute atomic E-state index is 0.0372. The highest BCUT2D eigenvalue weighted by molar-refractivity contribution is 5.74. The standard InChI is InChI=1S/C21H33N3O4/c1-6-27-20(26)24-11-9-16(10-12-24)23-19(25)22-14-28-18-8-7-15(2)13-17(18)21(3,4)5/h7-8,13,16H,6,9-12,14H2,1-5H3,(H2,22,23,25). The van der Waals surface area contributed by atoms with Crippen LogP contribution in [-0.4, -0.2) is 49.5 Å². The molecule has 1 heterocycles. The van der Waals surface area contributed by atoms with Crippen LogP contribution in [0.5, 0.6) is 5.75 Å². The third-order valence-corrected chi connectivity index (χ3v) is 4.76. The van der Waals surface area contributed by atoms with E-state index < -0.39 is 0 Å². The molecule has 0 saturated carbocycles. The topological polar surface area (TPSA) is 79.9 Å². The lowest BCUT2D eigenvalue weighted by molar-refractivity contribution is 0.0956. The van der Waals surface area contributed by atoms with Gasteiger partial charge in [-0.2, -0.15) is 0 Å². The number of urea groups is 1. The number of rotatable bonds is 5. The van der Waals surface area contributed by atoms with Gasteiger partial charge < -0.3 is 25.0 Å². The molecule has 1 aromatic rings. The van der Waals surface area contributed by atoms with Crippen molar-refractivity contribution in [2.24, 2.45) is 0 Å². The monoisotopic (exact) mass is 391 g/mol. The maximum atomic E-state index is 12.1. The Hall–Kier alpha value is -2.44. The van der Waals surface area contributed by atoms with Gasteiger partial charge >= 0.3 is 12.1 Å². The molecule has 7 heteroatoms. The van der Waals surface area contributed by atoms with Crippen LogP contribution >= 0.6 is 0 Å². The van der Waals surface area contributed by atoms with E-state index >= 15 is 0 Å². The van der Waals surface area contributed by atoms with Crippen molar-refractivity contribution in [2.45, 2.75) is 58.9 Å². The van der Waals surface area contributed by atoms with Crippen molar-refractivity contribution in [3.63, 3.8) is 0 Å². The molecular weight excluding hydrogens is 358 g/mol. The summed E-state index contributed by atoms with van der Waals surface area (Å²) in [4.78, 5) is 25.5. The second-order valence-corrected chi connectivity index (χ2v) is 8.15. The van der Waals surface area contributed by atoms with Gasteiger partial charge in [-0.15, -0.1) is 0 Å². The molecule has 0 radical (unpaired) electrons. The number of amides is 3. The van der Waals surface area contributed by atoms with Gasteiger partial charge in [0.05, 0.1) is 6.61 Å². The molecule has 28 heavy (non-hydrogen) atoms. The van der Waals surface area contributed by atoms with Crippen LogP contribution < -0.4 is 15.4 Å². The van der Waals surface area contributed by atoms with Crippen molar-refractivity contribution in [1.82, 2.24) is 15.5 Å². The van der Waals surface area contributed by atoms with Crippen molar-refractivity contribution in [2.75, 3.05) is 26.4 Å². The van der Waals surface area contributed by atoms with Gasteiger partial charge in [-0.05, 0) is 43.7 Å². The number of carbonyl (C=O) groups excluding carboxylic acids is 2. The summed E-state index contributed by atoms with van der Waals surface area (Å²) in [5.41, 5.74) is 2.24. The first kappa shape index (κ1) is 21.9. The van der Waals surface area contributed by atoms with Crippen molar-refractivity contribution < 1.29 is 19.1 Å². The average molecular weight is 392 g/mol. The van der Waals surface area contributed by atoms with Crippen LogP contribution in [0, 0.1) is 6.92 Å². The van der Waals surface area contributed by atoms with E-state index in [1.807, 2.05) is 12.1 Å². The van der Waals surface area contributed by atoms with Gasteiger partial charge in [-0.25, -0.2) is 9.59 Å². The number of hydrogen-bond donors (Lipinski definition) is 2. The summed E-state index contributed by atoms with van der Waals surface area (Å²) in [7, 11) is 0. The van der Waals surface area contributed by atoms with E-state index in [0.717, 1.165) is 11.3 Å². The molecule has 0 aliphatic carbocycles. The van der Waals surface area contributed by atoms with Crippen LogP contribution in [0.4, 0.5) is 9.59 Å². The molecular formula is C21H33N3O4. The molecule has 0 atom stereocenters. The van der Waals surface area contributed by atoms with Crippen molar-refractivity contribution in [3.8, 4) is 5.75 Å². The smallest absolute Gasteiger partial charge is 0.409 e. The van der Waals surface area contributed by atoms with Crippen molar-refractivity contribution >= 4 is 12.1 Å². The molecule has 1 aliphatic rings. The van der Waals surface area contributed by atoms with Crippen molar-refractivity contribution in [3.05, 3.63) is 29.3 Å². The first-order chi connectivity index (χ1) is 13.2. The van der Waals surface area contributed by atoms with E-state index in [2.05, 4.69) is 44.4 Å². The summed E-state index contributed by atoms with van der Waals surface area (Å²) in [6.07, 6.45) is 1.13. The van der Waals surface area contributed by atoms with E-state index in [4.69, 9.17) is 9.47 Å². The predicted molar refractivity (Wildman–Crippen MR) is 109 cm³/mol. The molecule has 156 valence electrons. The van der Waals surface area contributed by atoms with Gasteiger partial charge in [0.25, 0.3) is 0 Å². The summed E-state index contributed by atoms with van der Waals surface area (Å²) in [5.74, 6) is 0.779. The number of ether oxygens (including phenoxy) is 2. The maximum Gasteiger partial charge on any atom is 0.409 e. The summed E-state index contributed by atoms with van der Waals surface area (Å²) < 4.78 is 10.8. The van der Waals surface area contributed by atoms with Gasteiger partial charge in [-0.3, -0.25) is 0 Å². The van der Waals surface area contributed by atoms with Crippen LogP contribution in [0.2, 0.25) is 0 Å². The Morgan fingerprint density at radius 2 is 1.89 bits per heavy atom. The zero-order valence-electron chi connectivity index (χ0n) is 17.6. The molecule has 2 rings (SSSR count). The molecule has 1 fully saturated rings. The zero-order chi connectivity index (χ0) is 20.7. The van der Waals surface area contributed by atoms with Crippen LogP contribution in [0.3, 0.4) is 0 Å². The first-order valence-electron chi connectivity index (χ1n) is 9.90. The molecule has 0 spiro atoms. The van der Waals surface area contributed by atoms with Gasteiger partial charge in [-0.1, -0.05) is 38.5 Å². The Labute approximate surface area is 167 Å². The molecule has 1 saturated heterocycles. The second kappa shape index (κ2) is 9.66. The quantitative estimate of drug-likeness (QED) is 0.753. The van der Waals surface area contributed by atoms with Crippen molar-refractivity contribution in [1.29, 1.82) is 0 Å². The number of nitrogens with zero attached hydrogens (tertiary/aromatic N) is 1. The maximum absolute atomic E-state index is 12.1. The largest absolute Gasteiger partial charge is 0.473 e. The van der Waals surface area contributed by atoms with Gasteiger partial charge in [0.2, 0.25) is 0 Å². The fourth-order valence-electron chi connectivity index (χ4n) is 3.19. The lowest BCUT2D eigenvalue weighted by atomic mass is 9.85. The van der Waals surface area contributed by atoms with E-state index in [1.165, 1.54) is 5.56 Å². The predicted octanol–water partition coefficient (Wildman–Crippen LogP) is 3.55. The fourth-order valence-corrected chi connectivity index (χ4v) is 3.19. The van der Waals surface area contributed by atoms with Crippen LogP contribution in [0.1, 0.15) is 51.7 Å². The van der Waals surface area contributed by atoms with Crippen LogP contribution in [0.15, 0.2) is 18.2 Å². The highest BCUT2D eigenvalue weighted by atomic mass is 16.6. The number of benzene rings is 1. The third kappa shape index (κ3) is 6.32. The van der Waals surface area contributed by atoms with E-state index in [-0.39, 0.29) is 30.3 Å². The number of nitrogens with one attached hydrogen (secondary N) is 2. The Kier molecular flexibility index (Phi) is 7.54. The van der Waals surface area contributed by atoms with Gasteiger partial charge in [0, 0.05) is 19.1 Å². The SMILES string of the molecule is CCOC(=O)N1CCC(NC(=O)NCOc2ccc(C)cc2C(C)(C)C)CC1. The van der Waals surface area contributed by atoms with Gasteiger partial charge in [0.15, 0.2) is 6.73 Å². The summed E-state index contributed by atoms with van der Waals surface area (Å²) >= 11 is 0. The lowest BCUT2D eigenvalue weighted by Crippen LogP contribution is -2.49. The molecule has 1 aliphatic heterocycles. The van der Waals surface area contributed by atoms with Crippen LogP contribution in [0.25, 0.3) is 0 Å². The summed E-state index contributed by atoms with van der Waals surface area (Å²) in [6.45, 7) is 11.9. The molecule has 3 amide bonds. The van der Waals surface area contributed by atoms with E-state index in [1.54, 1.807) is 11.8 Å². The Bertz CT molecular complexity index is 677. The van der Waals surface area contributed by atoms with E-state index in [0.29, 0.717) is 32.5 Å². The van der Waals surface area contributed by atoms with Gasteiger partial charge in [0.1, 0.15) is 5.75 Å². The lowest BCUT2D eigenvalue weighted by Gasteiger charge is -2.31. The molecule has 2 N–H and O–H groups in total. The van der Waals surface area contributed by atoms with E-state index in [9.17, 15) is 9.59 Å². The second-order valence-electron chi connectivity index (χ2n) is 8.15. The average Bonchev–Trinajstić information content (AvgIpc) is 2.63. The molecule has 0 bridgehead atoms. The highest BCUT2D eigenvalue weighted by Gasteiger charge is 2.24. The highest BCUT2D eigenvalue weighted by Crippen LogP contribution is 2.31. The number of likely N-dealkylation sites (tertiary alicyclic amines) is 1. The minimum Gasteiger partial charge on any atom is -0.473 e. The fraction of sp³-hybridized carbons (Fsp3) is 0.619. The minimum atomic E-state index is -0.286. The number of aryl methyl sites for hydroxylation is 1. The number of carbonyl (C=O) groups is 2. The molecule has 7 nitrogen and oxygen atoms in total. The van der Waals surface area contributed by atoms with Crippen LogP contribution in [-0.2, 0) is 10.2 Å². The Balaban J connectivity index is 1.76. The number of piperidine rings is 1. The molecule has 0 unspecified atom stereocenters. The Morgan fingerprint density at radius 3 is 2.50 bits per heavy atom. The third-order valence-electron chi connectivity index (χ3n) is 4.76. The summed E-state index contributed by atoms with van der Waals surface area (Å²) in [5, 5.41) is 5.69. The first-order valence-corrected chi connectivity index (χ1v) is 9.90. The Morgan fingerprint density at radius 1 is 1.21 bits per heavy atom. The molecule has 0 aromatic heterocycles. The number of hydrogen-bond acceptors (Lipinski definition) is 4. The zero-order valence-corrected chi connectivity index (χ0v) is 17.6. The molecule has 1 aromatic carbocycles. The normalized spacial score (nSPS) is 15.1.